The Balaban J connectivity index is 3.42. The smallest absolute Gasteiger partial charge is 0.147 e. The van der Waals surface area contributed by atoms with E-state index in [1.165, 1.54) is 13.2 Å². The maximum atomic E-state index is 13.4. The second-order valence-electron chi connectivity index (χ2n) is 2.84. The Morgan fingerprint density at radius 3 is 2.57 bits per heavy atom. The van der Waals surface area contributed by atoms with E-state index in [9.17, 15) is 4.39 Å². The average molecular weight is 219 g/mol. The van der Waals surface area contributed by atoms with E-state index >= 15 is 0 Å². The largest absolute Gasteiger partial charge is 0.496 e. The van der Waals surface area contributed by atoms with Crippen LogP contribution in [0.25, 0.3) is 0 Å². The zero-order valence-electron chi connectivity index (χ0n) is 8.10. The lowest BCUT2D eigenvalue weighted by Gasteiger charge is -2.12. The summed E-state index contributed by atoms with van der Waals surface area (Å²) in [7, 11) is 1.49. The second-order valence-corrected chi connectivity index (χ2v) is 3.25. The Bertz CT molecular complexity index is 339. The van der Waals surface area contributed by atoms with Gasteiger partial charge in [0.15, 0.2) is 0 Å². The van der Waals surface area contributed by atoms with Crippen molar-refractivity contribution in [2.75, 3.05) is 7.11 Å². The Hall–Kier alpha value is -0.800. The summed E-state index contributed by atoms with van der Waals surface area (Å²) in [6, 6.07) is 1.43. The van der Waals surface area contributed by atoms with Crippen molar-refractivity contribution >= 4 is 11.6 Å². The average Bonchev–Trinajstić information content (AvgIpc) is 2.20. The number of ether oxygens (including phenoxy) is 1. The predicted octanol–water partition coefficient (Wildman–Crippen LogP) is 2.54. The fraction of sp³-hybridized carbons (Fsp3) is 0.400. The van der Waals surface area contributed by atoms with E-state index in [1.54, 1.807) is 0 Å². The van der Waals surface area contributed by atoms with Crippen LogP contribution in [0.3, 0.4) is 0 Å². The molecule has 0 heterocycles. The molecule has 14 heavy (non-hydrogen) atoms. The van der Waals surface area contributed by atoms with Gasteiger partial charge in [0, 0.05) is 17.2 Å². The van der Waals surface area contributed by atoms with Gasteiger partial charge in [-0.15, -0.1) is 0 Å². The van der Waals surface area contributed by atoms with Gasteiger partial charge < -0.3 is 9.84 Å². The number of aliphatic hydroxyl groups excluding tert-OH is 1. The van der Waals surface area contributed by atoms with Crippen LogP contribution >= 0.6 is 11.6 Å². The van der Waals surface area contributed by atoms with Crippen molar-refractivity contribution in [1.29, 1.82) is 0 Å². The van der Waals surface area contributed by atoms with E-state index < -0.39 is 5.82 Å². The highest BCUT2D eigenvalue weighted by atomic mass is 35.5. The molecule has 2 nitrogen and oxygen atoms in total. The summed E-state index contributed by atoms with van der Waals surface area (Å²) >= 11 is 5.64. The van der Waals surface area contributed by atoms with Crippen molar-refractivity contribution in [2.45, 2.75) is 20.0 Å². The van der Waals surface area contributed by atoms with Crippen LogP contribution in [0.2, 0.25) is 5.02 Å². The van der Waals surface area contributed by atoms with Gasteiger partial charge in [-0.2, -0.15) is 0 Å². The lowest BCUT2D eigenvalue weighted by molar-refractivity contribution is 0.273. The van der Waals surface area contributed by atoms with Gasteiger partial charge in [-0.1, -0.05) is 18.5 Å². The maximum Gasteiger partial charge on any atom is 0.147 e. The molecule has 0 amide bonds. The summed E-state index contributed by atoms with van der Waals surface area (Å²) in [6.45, 7) is 1.50. The van der Waals surface area contributed by atoms with Crippen molar-refractivity contribution in [3.05, 3.63) is 28.0 Å². The molecule has 78 valence electrons. The monoisotopic (exact) mass is 218 g/mol. The predicted molar refractivity (Wildman–Crippen MR) is 53.3 cm³/mol. The fourth-order valence-corrected chi connectivity index (χ4v) is 1.64. The number of hydrogen-bond acceptors (Lipinski definition) is 2. The highest BCUT2D eigenvalue weighted by Crippen LogP contribution is 2.31. The molecule has 1 N–H and O–H groups in total. The van der Waals surface area contributed by atoms with E-state index in [1.807, 2.05) is 6.92 Å². The number of hydrogen-bond donors (Lipinski definition) is 1. The van der Waals surface area contributed by atoms with Crippen molar-refractivity contribution in [1.82, 2.24) is 0 Å². The Kier molecular flexibility index (Phi) is 3.72. The third kappa shape index (κ3) is 1.83. The normalized spacial score (nSPS) is 10.4. The van der Waals surface area contributed by atoms with Crippen LogP contribution < -0.4 is 4.74 Å². The van der Waals surface area contributed by atoms with Crippen molar-refractivity contribution in [2.24, 2.45) is 0 Å². The zero-order valence-corrected chi connectivity index (χ0v) is 8.86. The molecule has 0 atom stereocenters. The first-order chi connectivity index (χ1) is 6.65. The summed E-state index contributed by atoms with van der Waals surface area (Å²) in [6.07, 6.45) is 0.590. The number of benzene rings is 1. The summed E-state index contributed by atoms with van der Waals surface area (Å²) in [4.78, 5) is 0. The molecule has 1 aromatic carbocycles. The van der Waals surface area contributed by atoms with Gasteiger partial charge in [-0.3, -0.25) is 0 Å². The molecule has 0 saturated carbocycles. The third-order valence-electron chi connectivity index (χ3n) is 2.13. The molecule has 1 aromatic rings. The summed E-state index contributed by atoms with van der Waals surface area (Å²) in [5.74, 6) is -0.0465. The number of methoxy groups -OCH3 is 1. The van der Waals surface area contributed by atoms with Crippen LogP contribution in [-0.2, 0) is 13.0 Å². The number of rotatable bonds is 3. The van der Waals surface area contributed by atoms with Gasteiger partial charge >= 0.3 is 0 Å². The van der Waals surface area contributed by atoms with E-state index in [2.05, 4.69) is 0 Å². The van der Waals surface area contributed by atoms with Crippen molar-refractivity contribution < 1.29 is 14.2 Å². The minimum Gasteiger partial charge on any atom is -0.496 e. The molecule has 0 aliphatic rings. The molecular formula is C10H12ClFO2. The molecule has 0 aliphatic carbocycles. The van der Waals surface area contributed by atoms with Gasteiger partial charge in [-0.25, -0.2) is 4.39 Å². The Morgan fingerprint density at radius 1 is 1.50 bits per heavy atom. The lowest BCUT2D eigenvalue weighted by Crippen LogP contribution is -2.01. The van der Waals surface area contributed by atoms with Gasteiger partial charge in [0.1, 0.15) is 11.6 Å². The summed E-state index contributed by atoms with van der Waals surface area (Å²) in [5, 5.41) is 9.00. The van der Waals surface area contributed by atoms with Crippen LogP contribution in [0.5, 0.6) is 5.75 Å². The molecule has 0 bridgehead atoms. The quantitative estimate of drug-likeness (QED) is 0.845. The highest BCUT2D eigenvalue weighted by molar-refractivity contribution is 6.31. The first kappa shape index (κ1) is 11.3. The molecule has 0 saturated heterocycles. The molecule has 0 radical (unpaired) electrons. The summed E-state index contributed by atoms with van der Waals surface area (Å²) < 4.78 is 18.5. The van der Waals surface area contributed by atoms with Gasteiger partial charge in [-0.05, 0) is 6.42 Å². The first-order valence-electron chi connectivity index (χ1n) is 4.30. The highest BCUT2D eigenvalue weighted by Gasteiger charge is 2.15. The molecule has 0 unspecified atom stereocenters. The zero-order chi connectivity index (χ0) is 10.7. The van der Waals surface area contributed by atoms with Crippen LogP contribution in [0.15, 0.2) is 6.07 Å². The van der Waals surface area contributed by atoms with E-state index in [-0.39, 0.29) is 17.2 Å². The standard InChI is InChI=1S/C10H12ClFO2/c1-3-6-7(5-13)10(12)8(11)4-9(6)14-2/h4,13H,3,5H2,1-2H3. The van der Waals surface area contributed by atoms with Crippen LogP contribution in [0, 0.1) is 5.82 Å². The molecule has 0 aromatic heterocycles. The minimum atomic E-state index is -0.563. The Labute approximate surface area is 87.3 Å². The van der Waals surface area contributed by atoms with E-state index in [4.69, 9.17) is 21.4 Å². The van der Waals surface area contributed by atoms with Gasteiger partial charge in [0.2, 0.25) is 0 Å². The van der Waals surface area contributed by atoms with E-state index in [0.717, 1.165) is 0 Å². The minimum absolute atomic E-state index is 0.0249. The number of aliphatic hydroxyl groups is 1. The molecular weight excluding hydrogens is 207 g/mol. The third-order valence-corrected chi connectivity index (χ3v) is 2.40. The second kappa shape index (κ2) is 4.62. The molecule has 0 fully saturated rings. The maximum absolute atomic E-state index is 13.4. The molecule has 0 aliphatic heterocycles. The SMILES string of the molecule is CCc1c(OC)cc(Cl)c(F)c1CO. The van der Waals surface area contributed by atoms with Crippen molar-refractivity contribution in [3.8, 4) is 5.75 Å². The number of halogens is 2. The molecule has 1 rings (SSSR count). The van der Waals surface area contributed by atoms with Gasteiger partial charge in [0.25, 0.3) is 0 Å². The summed E-state index contributed by atoms with van der Waals surface area (Å²) in [5.41, 5.74) is 0.883. The lowest BCUT2D eigenvalue weighted by atomic mass is 10.0. The topological polar surface area (TPSA) is 29.5 Å². The van der Waals surface area contributed by atoms with Gasteiger partial charge in [0.05, 0.1) is 18.7 Å². The first-order valence-corrected chi connectivity index (χ1v) is 4.68. The van der Waals surface area contributed by atoms with Crippen LogP contribution in [0.4, 0.5) is 4.39 Å². The van der Waals surface area contributed by atoms with Crippen LogP contribution in [-0.4, -0.2) is 12.2 Å². The fourth-order valence-electron chi connectivity index (χ4n) is 1.43. The molecule has 0 spiro atoms. The van der Waals surface area contributed by atoms with Crippen molar-refractivity contribution in [3.63, 3.8) is 0 Å². The van der Waals surface area contributed by atoms with E-state index in [0.29, 0.717) is 17.7 Å². The Morgan fingerprint density at radius 2 is 2.14 bits per heavy atom. The van der Waals surface area contributed by atoms with Crippen LogP contribution in [0.1, 0.15) is 18.1 Å². The molecule has 4 heteroatoms.